The van der Waals surface area contributed by atoms with Crippen molar-refractivity contribution in [3.05, 3.63) is 41.0 Å². The summed E-state index contributed by atoms with van der Waals surface area (Å²) in [5, 5.41) is 8.29. The third-order valence-electron chi connectivity index (χ3n) is 6.92. The standard InChI is InChI=1S/C25H35N7O/c1-15-9-16(2)25(32-12-17(3)30-18(4)13-32)31-21(15)11-27-24-22-20(19-5-7-33-8-6-19)10-26-23(22)28-14-29-24/h9-10,14,17-19,30H,5-8,11-13H2,1-4H3,(H2,26,27,28,29)/t17-,18+. The van der Waals surface area contributed by atoms with Gasteiger partial charge in [0.1, 0.15) is 23.6 Å². The number of anilines is 2. The first-order valence-electron chi connectivity index (χ1n) is 12.1. The zero-order valence-corrected chi connectivity index (χ0v) is 20.1. The summed E-state index contributed by atoms with van der Waals surface area (Å²) in [5.41, 5.74) is 5.66. The molecule has 0 bridgehead atoms. The van der Waals surface area contributed by atoms with Crippen molar-refractivity contribution >= 4 is 22.7 Å². The molecule has 33 heavy (non-hydrogen) atoms. The topological polar surface area (TPSA) is 91.0 Å². The fraction of sp³-hybridized carbons (Fsp3) is 0.560. The Bertz CT molecular complexity index is 1110. The van der Waals surface area contributed by atoms with E-state index in [0.29, 0.717) is 24.5 Å². The van der Waals surface area contributed by atoms with E-state index in [2.05, 4.69) is 70.4 Å². The Hall–Kier alpha value is -2.71. The summed E-state index contributed by atoms with van der Waals surface area (Å²) in [6.45, 7) is 13.0. The van der Waals surface area contributed by atoms with Gasteiger partial charge in [0, 0.05) is 44.6 Å². The Morgan fingerprint density at radius 1 is 1.09 bits per heavy atom. The molecule has 8 heteroatoms. The molecule has 8 nitrogen and oxygen atoms in total. The number of nitrogens with one attached hydrogen (secondary N) is 3. The van der Waals surface area contributed by atoms with Gasteiger partial charge in [-0.15, -0.1) is 0 Å². The highest BCUT2D eigenvalue weighted by atomic mass is 16.5. The van der Waals surface area contributed by atoms with E-state index in [4.69, 9.17) is 9.72 Å². The molecule has 3 aromatic heterocycles. The van der Waals surface area contributed by atoms with Gasteiger partial charge < -0.3 is 25.3 Å². The van der Waals surface area contributed by atoms with Gasteiger partial charge in [0.2, 0.25) is 0 Å². The van der Waals surface area contributed by atoms with E-state index in [1.807, 2.05) is 0 Å². The number of fused-ring (bicyclic) bond motifs is 1. The number of nitrogens with zero attached hydrogens (tertiary/aromatic N) is 4. The van der Waals surface area contributed by atoms with Crippen molar-refractivity contribution in [2.45, 2.75) is 65.1 Å². The molecule has 5 rings (SSSR count). The van der Waals surface area contributed by atoms with Crippen LogP contribution >= 0.6 is 0 Å². The van der Waals surface area contributed by atoms with Crippen molar-refractivity contribution in [2.75, 3.05) is 36.5 Å². The van der Waals surface area contributed by atoms with Crippen molar-refractivity contribution < 1.29 is 4.74 Å². The smallest absolute Gasteiger partial charge is 0.143 e. The van der Waals surface area contributed by atoms with E-state index in [1.165, 1.54) is 16.7 Å². The van der Waals surface area contributed by atoms with E-state index in [0.717, 1.165) is 67.5 Å². The van der Waals surface area contributed by atoms with Crippen LogP contribution in [0.25, 0.3) is 11.0 Å². The number of piperazine rings is 1. The summed E-state index contributed by atoms with van der Waals surface area (Å²) in [5.74, 6) is 2.44. The average molecular weight is 450 g/mol. The van der Waals surface area contributed by atoms with Crippen molar-refractivity contribution in [2.24, 2.45) is 0 Å². The van der Waals surface area contributed by atoms with Crippen LogP contribution < -0.4 is 15.5 Å². The van der Waals surface area contributed by atoms with Crippen molar-refractivity contribution in [3.63, 3.8) is 0 Å². The number of H-pyrrole nitrogens is 1. The van der Waals surface area contributed by atoms with Crippen LogP contribution in [0.2, 0.25) is 0 Å². The molecule has 2 aliphatic heterocycles. The van der Waals surface area contributed by atoms with Crippen LogP contribution in [0.15, 0.2) is 18.6 Å². The van der Waals surface area contributed by atoms with Crippen LogP contribution in [0, 0.1) is 13.8 Å². The molecule has 0 amide bonds. The third kappa shape index (κ3) is 4.54. The summed E-state index contributed by atoms with van der Waals surface area (Å²) in [7, 11) is 0. The van der Waals surface area contributed by atoms with Crippen LogP contribution in [0.5, 0.6) is 0 Å². The fourth-order valence-corrected chi connectivity index (χ4v) is 5.39. The number of hydrogen-bond acceptors (Lipinski definition) is 7. The van der Waals surface area contributed by atoms with E-state index in [1.54, 1.807) is 6.33 Å². The molecule has 0 radical (unpaired) electrons. The van der Waals surface area contributed by atoms with Gasteiger partial charge >= 0.3 is 0 Å². The molecule has 5 heterocycles. The highest BCUT2D eigenvalue weighted by Gasteiger charge is 2.24. The van der Waals surface area contributed by atoms with Crippen LogP contribution in [0.1, 0.15) is 55.0 Å². The molecule has 2 aliphatic rings. The number of pyridine rings is 1. The number of aromatic amines is 1. The van der Waals surface area contributed by atoms with Gasteiger partial charge in [0.25, 0.3) is 0 Å². The third-order valence-corrected chi connectivity index (χ3v) is 6.92. The summed E-state index contributed by atoms with van der Waals surface area (Å²) >= 11 is 0. The number of rotatable bonds is 5. The van der Waals surface area contributed by atoms with Crippen molar-refractivity contribution in [1.82, 2.24) is 25.3 Å². The first-order valence-corrected chi connectivity index (χ1v) is 12.1. The Kier molecular flexibility index (Phi) is 6.21. The molecule has 0 unspecified atom stereocenters. The second kappa shape index (κ2) is 9.27. The Labute approximate surface area is 195 Å². The SMILES string of the molecule is Cc1cc(C)c(N2C[C@@H](C)N[C@@H](C)C2)nc1CNc1ncnc2[nH]cc(C3CCOCC3)c12. The first-order chi connectivity index (χ1) is 16.0. The molecule has 2 atom stereocenters. The normalized spacial score (nSPS) is 22.1. The number of aromatic nitrogens is 4. The van der Waals surface area contributed by atoms with E-state index >= 15 is 0 Å². The molecule has 0 spiro atoms. The van der Waals surface area contributed by atoms with Gasteiger partial charge in [-0.25, -0.2) is 15.0 Å². The van der Waals surface area contributed by atoms with Crippen LogP contribution in [0.3, 0.4) is 0 Å². The highest BCUT2D eigenvalue weighted by molar-refractivity contribution is 5.90. The van der Waals surface area contributed by atoms with Gasteiger partial charge in [-0.05, 0) is 63.1 Å². The molecule has 0 saturated carbocycles. The van der Waals surface area contributed by atoms with Crippen molar-refractivity contribution in [1.29, 1.82) is 0 Å². The van der Waals surface area contributed by atoms with Gasteiger partial charge in [0.15, 0.2) is 0 Å². The summed E-state index contributed by atoms with van der Waals surface area (Å²) < 4.78 is 5.57. The second-order valence-electron chi connectivity index (χ2n) is 9.70. The molecule has 3 N–H and O–H groups in total. The molecular formula is C25H35N7O. The largest absolute Gasteiger partial charge is 0.381 e. The summed E-state index contributed by atoms with van der Waals surface area (Å²) in [6.07, 6.45) is 5.79. The summed E-state index contributed by atoms with van der Waals surface area (Å²) in [4.78, 5) is 20.0. The van der Waals surface area contributed by atoms with Gasteiger partial charge in [-0.1, -0.05) is 6.07 Å². The van der Waals surface area contributed by atoms with E-state index < -0.39 is 0 Å². The quantitative estimate of drug-likeness (QED) is 0.547. The van der Waals surface area contributed by atoms with Gasteiger partial charge in [-0.2, -0.15) is 0 Å². The van der Waals surface area contributed by atoms with Crippen LogP contribution in [0.4, 0.5) is 11.6 Å². The molecule has 0 aliphatic carbocycles. The van der Waals surface area contributed by atoms with Gasteiger partial charge in [0.05, 0.1) is 17.6 Å². The van der Waals surface area contributed by atoms with Crippen LogP contribution in [-0.2, 0) is 11.3 Å². The number of ether oxygens (including phenoxy) is 1. The maximum absolute atomic E-state index is 5.57. The Balaban J connectivity index is 1.41. The lowest BCUT2D eigenvalue weighted by molar-refractivity contribution is 0.0856. The lowest BCUT2D eigenvalue weighted by Crippen LogP contribution is -2.54. The van der Waals surface area contributed by atoms with E-state index in [9.17, 15) is 0 Å². The Morgan fingerprint density at radius 2 is 1.85 bits per heavy atom. The molecular weight excluding hydrogens is 414 g/mol. The minimum atomic E-state index is 0.448. The van der Waals surface area contributed by atoms with Crippen molar-refractivity contribution in [3.8, 4) is 0 Å². The molecule has 2 fully saturated rings. The second-order valence-corrected chi connectivity index (χ2v) is 9.70. The minimum absolute atomic E-state index is 0.448. The van der Waals surface area contributed by atoms with Crippen LogP contribution in [-0.4, -0.2) is 58.3 Å². The first kappa shape index (κ1) is 22.1. The maximum atomic E-state index is 5.57. The van der Waals surface area contributed by atoms with Gasteiger partial charge in [-0.3, -0.25) is 0 Å². The molecule has 3 aromatic rings. The molecule has 0 aromatic carbocycles. The lowest BCUT2D eigenvalue weighted by Gasteiger charge is -2.37. The molecule has 2 saturated heterocycles. The van der Waals surface area contributed by atoms with E-state index in [-0.39, 0.29) is 0 Å². The average Bonchev–Trinajstić information content (AvgIpc) is 3.23. The zero-order chi connectivity index (χ0) is 22.9. The number of aryl methyl sites for hydroxylation is 2. The fourth-order valence-electron chi connectivity index (χ4n) is 5.39. The highest BCUT2D eigenvalue weighted by Crippen LogP contribution is 2.35. The maximum Gasteiger partial charge on any atom is 0.143 e. The zero-order valence-electron chi connectivity index (χ0n) is 20.1. The monoisotopic (exact) mass is 449 g/mol. The lowest BCUT2D eigenvalue weighted by atomic mass is 9.92. The predicted molar refractivity (Wildman–Crippen MR) is 132 cm³/mol. The number of hydrogen-bond donors (Lipinski definition) is 3. The molecule has 176 valence electrons. The predicted octanol–water partition coefficient (Wildman–Crippen LogP) is 3.66. The summed E-state index contributed by atoms with van der Waals surface area (Å²) in [6, 6.07) is 3.16. The minimum Gasteiger partial charge on any atom is -0.381 e. The Morgan fingerprint density at radius 3 is 2.61 bits per heavy atom.